The number of hydrogen-bond acceptors (Lipinski definition) is 4. The highest BCUT2D eigenvalue weighted by Crippen LogP contribution is 2.33. The van der Waals surface area contributed by atoms with E-state index in [1.165, 1.54) is 76.6 Å². The minimum atomic E-state index is -1.82. The Kier molecular flexibility index (Phi) is 9.83. The van der Waals surface area contributed by atoms with Crippen molar-refractivity contribution in [1.82, 2.24) is 4.90 Å². The predicted octanol–water partition coefficient (Wildman–Crippen LogP) is 4.14. The summed E-state index contributed by atoms with van der Waals surface area (Å²) in [4.78, 5) is 20.8. The zero-order valence-electron chi connectivity index (χ0n) is 16.6. The molecule has 0 radical (unpaired) electrons. The molecular weight excluding hydrogens is 358 g/mol. The van der Waals surface area contributed by atoms with Crippen molar-refractivity contribution < 1.29 is 24.5 Å². The number of rotatable bonds is 6. The first-order chi connectivity index (χ1) is 13.6. The number of nitrogens with zero attached hydrogens (tertiary/aromatic N) is 1. The summed E-state index contributed by atoms with van der Waals surface area (Å²) in [6.07, 6.45) is 12.3. The van der Waals surface area contributed by atoms with Gasteiger partial charge in [-0.3, -0.25) is 0 Å². The van der Waals surface area contributed by atoms with E-state index in [9.17, 15) is 0 Å². The van der Waals surface area contributed by atoms with Crippen LogP contribution in [-0.4, -0.2) is 53.3 Å². The van der Waals surface area contributed by atoms with Crippen LogP contribution >= 0.6 is 0 Å². The van der Waals surface area contributed by atoms with Gasteiger partial charge in [0.05, 0.1) is 6.61 Å². The summed E-state index contributed by atoms with van der Waals surface area (Å²) in [5.41, 5.74) is 1.51. The number of aliphatic carboxylic acids is 2. The summed E-state index contributed by atoms with van der Waals surface area (Å²) >= 11 is 0. The van der Waals surface area contributed by atoms with E-state index in [1.54, 1.807) is 0 Å². The van der Waals surface area contributed by atoms with E-state index in [2.05, 4.69) is 29.2 Å². The van der Waals surface area contributed by atoms with Crippen LogP contribution in [0, 0.1) is 0 Å². The number of likely N-dealkylation sites (tertiary alicyclic amines) is 1. The molecule has 2 N–H and O–H groups in total. The SMILES string of the molecule is O=C(O)C(=O)O.c1cc(C2CCCCC2)ccc1OCCCN1CCCCC1. The summed E-state index contributed by atoms with van der Waals surface area (Å²) in [5, 5.41) is 14.8. The molecular formula is C22H33NO5. The van der Waals surface area contributed by atoms with Crippen LogP contribution in [-0.2, 0) is 9.59 Å². The average molecular weight is 392 g/mol. The summed E-state index contributed by atoms with van der Waals surface area (Å²) < 4.78 is 5.91. The number of ether oxygens (including phenoxy) is 1. The first-order valence-electron chi connectivity index (χ1n) is 10.5. The van der Waals surface area contributed by atoms with Gasteiger partial charge in [0.25, 0.3) is 0 Å². The van der Waals surface area contributed by atoms with Crippen molar-refractivity contribution in [1.29, 1.82) is 0 Å². The second-order valence-corrected chi connectivity index (χ2v) is 7.62. The van der Waals surface area contributed by atoms with Gasteiger partial charge in [0.1, 0.15) is 5.75 Å². The molecule has 1 aromatic rings. The second kappa shape index (κ2) is 12.4. The fourth-order valence-corrected chi connectivity index (χ4v) is 3.93. The van der Waals surface area contributed by atoms with Gasteiger partial charge in [-0.05, 0) is 68.8 Å². The normalized spacial score (nSPS) is 18.0. The van der Waals surface area contributed by atoms with Gasteiger partial charge in [0.15, 0.2) is 0 Å². The molecule has 1 aromatic carbocycles. The molecule has 0 bridgehead atoms. The van der Waals surface area contributed by atoms with Crippen LogP contribution in [0.2, 0.25) is 0 Å². The fraction of sp³-hybridized carbons (Fsp3) is 0.636. The second-order valence-electron chi connectivity index (χ2n) is 7.62. The van der Waals surface area contributed by atoms with Gasteiger partial charge in [-0.15, -0.1) is 0 Å². The van der Waals surface area contributed by atoms with Crippen LogP contribution in [0.4, 0.5) is 0 Å². The Hall–Kier alpha value is -2.08. The van der Waals surface area contributed by atoms with Gasteiger partial charge in [0, 0.05) is 6.54 Å². The van der Waals surface area contributed by atoms with Crippen molar-refractivity contribution >= 4 is 11.9 Å². The van der Waals surface area contributed by atoms with E-state index in [0.29, 0.717) is 0 Å². The van der Waals surface area contributed by atoms with Crippen LogP contribution in [0.3, 0.4) is 0 Å². The third-order valence-electron chi connectivity index (χ3n) is 5.48. The number of piperidine rings is 1. The molecule has 2 aliphatic rings. The highest BCUT2D eigenvalue weighted by molar-refractivity contribution is 6.27. The minimum Gasteiger partial charge on any atom is -0.494 e. The van der Waals surface area contributed by atoms with E-state index in [-0.39, 0.29) is 0 Å². The third-order valence-corrected chi connectivity index (χ3v) is 5.48. The first-order valence-corrected chi connectivity index (χ1v) is 10.5. The molecule has 156 valence electrons. The summed E-state index contributed by atoms with van der Waals surface area (Å²) in [7, 11) is 0. The van der Waals surface area contributed by atoms with E-state index >= 15 is 0 Å². The molecule has 0 aromatic heterocycles. The maximum absolute atomic E-state index is 9.10. The molecule has 1 aliphatic heterocycles. The Labute approximate surface area is 167 Å². The predicted molar refractivity (Wildman–Crippen MR) is 108 cm³/mol. The lowest BCUT2D eigenvalue weighted by atomic mass is 9.84. The Morgan fingerprint density at radius 3 is 2.04 bits per heavy atom. The van der Waals surface area contributed by atoms with Crippen LogP contribution < -0.4 is 4.74 Å². The number of carbonyl (C=O) groups is 2. The van der Waals surface area contributed by atoms with Gasteiger partial charge in [-0.25, -0.2) is 9.59 Å². The standard InChI is InChI=1S/C20H31NO.C2H2O4/c1-3-8-18(9-4-1)19-10-12-20(13-11-19)22-17-7-16-21-14-5-2-6-15-21;3-1(4)2(5)6/h10-13,18H,1-9,14-17H2;(H,3,4)(H,5,6). The molecule has 28 heavy (non-hydrogen) atoms. The van der Waals surface area contributed by atoms with Gasteiger partial charge >= 0.3 is 11.9 Å². The van der Waals surface area contributed by atoms with Gasteiger partial charge in [-0.1, -0.05) is 37.8 Å². The van der Waals surface area contributed by atoms with Crippen molar-refractivity contribution in [3.05, 3.63) is 29.8 Å². The van der Waals surface area contributed by atoms with Crippen LogP contribution in [0.15, 0.2) is 24.3 Å². The zero-order valence-corrected chi connectivity index (χ0v) is 16.6. The number of carboxylic acid groups (broad SMARTS) is 2. The lowest BCUT2D eigenvalue weighted by molar-refractivity contribution is -0.159. The lowest BCUT2D eigenvalue weighted by Gasteiger charge is -2.26. The molecule has 3 rings (SSSR count). The number of benzene rings is 1. The summed E-state index contributed by atoms with van der Waals surface area (Å²) in [6, 6.07) is 8.92. The van der Waals surface area contributed by atoms with Crippen molar-refractivity contribution in [2.75, 3.05) is 26.2 Å². The minimum absolute atomic E-state index is 0.793. The molecule has 0 spiro atoms. The average Bonchev–Trinajstić information content (AvgIpc) is 2.73. The van der Waals surface area contributed by atoms with E-state index in [4.69, 9.17) is 24.5 Å². The smallest absolute Gasteiger partial charge is 0.414 e. The van der Waals surface area contributed by atoms with Crippen LogP contribution in [0.5, 0.6) is 5.75 Å². The highest BCUT2D eigenvalue weighted by Gasteiger charge is 2.15. The molecule has 1 heterocycles. The zero-order chi connectivity index (χ0) is 20.2. The Bertz CT molecular complexity index is 577. The quantitative estimate of drug-likeness (QED) is 0.560. The molecule has 6 nitrogen and oxygen atoms in total. The molecule has 0 unspecified atom stereocenters. The van der Waals surface area contributed by atoms with Crippen molar-refractivity contribution in [2.45, 2.75) is 63.7 Å². The molecule has 1 saturated carbocycles. The number of carboxylic acids is 2. The highest BCUT2D eigenvalue weighted by atomic mass is 16.5. The Morgan fingerprint density at radius 1 is 0.893 bits per heavy atom. The van der Waals surface area contributed by atoms with Gasteiger partial charge < -0.3 is 19.8 Å². The Balaban J connectivity index is 0.000000409. The van der Waals surface area contributed by atoms with Gasteiger partial charge in [0.2, 0.25) is 0 Å². The fourth-order valence-electron chi connectivity index (χ4n) is 3.93. The largest absolute Gasteiger partial charge is 0.494 e. The molecule has 0 amide bonds. The van der Waals surface area contributed by atoms with Crippen molar-refractivity contribution in [3.8, 4) is 5.75 Å². The summed E-state index contributed by atoms with van der Waals surface area (Å²) in [6.45, 7) is 4.62. The molecule has 6 heteroatoms. The van der Waals surface area contributed by atoms with Crippen LogP contribution in [0.25, 0.3) is 0 Å². The lowest BCUT2D eigenvalue weighted by Crippen LogP contribution is -2.31. The van der Waals surface area contributed by atoms with Crippen molar-refractivity contribution in [3.63, 3.8) is 0 Å². The van der Waals surface area contributed by atoms with E-state index in [0.717, 1.165) is 24.7 Å². The van der Waals surface area contributed by atoms with Crippen LogP contribution in [0.1, 0.15) is 69.3 Å². The summed E-state index contributed by atoms with van der Waals surface area (Å²) in [5.74, 6) is -1.81. The monoisotopic (exact) mass is 391 g/mol. The first kappa shape index (κ1) is 22.2. The topological polar surface area (TPSA) is 87.1 Å². The Morgan fingerprint density at radius 2 is 1.46 bits per heavy atom. The molecule has 1 saturated heterocycles. The third kappa shape index (κ3) is 8.30. The molecule has 0 atom stereocenters. The molecule has 1 aliphatic carbocycles. The van der Waals surface area contributed by atoms with E-state index < -0.39 is 11.9 Å². The van der Waals surface area contributed by atoms with Crippen molar-refractivity contribution in [2.24, 2.45) is 0 Å². The van der Waals surface area contributed by atoms with Gasteiger partial charge in [-0.2, -0.15) is 0 Å². The maximum Gasteiger partial charge on any atom is 0.414 e. The maximum atomic E-state index is 9.10. The number of hydrogen-bond donors (Lipinski definition) is 2. The molecule has 2 fully saturated rings. The van der Waals surface area contributed by atoms with E-state index in [1.807, 2.05) is 0 Å².